The van der Waals surface area contributed by atoms with Gasteiger partial charge in [-0.15, -0.1) is 11.3 Å². The van der Waals surface area contributed by atoms with Gasteiger partial charge in [-0.25, -0.2) is 4.98 Å². The van der Waals surface area contributed by atoms with Gasteiger partial charge < -0.3 is 15.5 Å². The molecular weight excluding hydrogens is 376 g/mol. The van der Waals surface area contributed by atoms with Crippen molar-refractivity contribution in [1.29, 1.82) is 0 Å². The quantitative estimate of drug-likeness (QED) is 0.828. The number of nitrogens with zero attached hydrogens (tertiary/aromatic N) is 2. The summed E-state index contributed by atoms with van der Waals surface area (Å²) in [5.41, 5.74) is 2.50. The standard InChI is InChI=1S/C20H22N4O3S/c1-12(25)21-14-6-8-15(9-7-14)24-11-13(10-18(24)26)19(27)23-20-22-16-4-2-3-5-17(16)28-20/h6-9,13H,2-5,10-11H2,1H3,(H,21,25)(H,22,23,27). The fourth-order valence-corrected chi connectivity index (χ4v) is 4.73. The Labute approximate surface area is 167 Å². The number of nitrogens with one attached hydrogen (secondary N) is 2. The molecule has 0 spiro atoms. The number of hydrogen-bond donors (Lipinski definition) is 2. The maximum Gasteiger partial charge on any atom is 0.231 e. The minimum atomic E-state index is -0.400. The SMILES string of the molecule is CC(=O)Nc1ccc(N2CC(C(=O)Nc3nc4c(s3)CCCC4)CC2=O)cc1. The molecular formula is C20H22N4O3S. The summed E-state index contributed by atoms with van der Waals surface area (Å²) in [4.78, 5) is 43.6. The summed E-state index contributed by atoms with van der Waals surface area (Å²) in [5.74, 6) is -0.781. The third-order valence-corrected chi connectivity index (χ3v) is 6.14. The lowest BCUT2D eigenvalue weighted by Gasteiger charge is -2.17. The Balaban J connectivity index is 1.40. The summed E-state index contributed by atoms with van der Waals surface area (Å²) in [6, 6.07) is 7.05. The highest BCUT2D eigenvalue weighted by molar-refractivity contribution is 7.15. The molecule has 4 rings (SSSR count). The Morgan fingerprint density at radius 2 is 1.89 bits per heavy atom. The van der Waals surface area contributed by atoms with Crippen LogP contribution in [0.25, 0.3) is 0 Å². The summed E-state index contributed by atoms with van der Waals surface area (Å²) in [5, 5.41) is 6.24. The van der Waals surface area contributed by atoms with Crippen molar-refractivity contribution >= 4 is 45.6 Å². The fourth-order valence-electron chi connectivity index (χ4n) is 3.67. The van der Waals surface area contributed by atoms with Crippen molar-refractivity contribution in [2.45, 2.75) is 39.0 Å². The van der Waals surface area contributed by atoms with E-state index in [4.69, 9.17) is 0 Å². The zero-order chi connectivity index (χ0) is 19.7. The first-order valence-corrected chi connectivity index (χ1v) is 10.3. The predicted octanol–water partition coefficient (Wildman–Crippen LogP) is 2.97. The van der Waals surface area contributed by atoms with E-state index in [1.807, 2.05) is 0 Å². The van der Waals surface area contributed by atoms with E-state index in [0.717, 1.165) is 30.6 Å². The second kappa shape index (κ2) is 7.71. The van der Waals surface area contributed by atoms with Crippen molar-refractivity contribution in [1.82, 2.24) is 4.98 Å². The number of benzene rings is 1. The highest BCUT2D eigenvalue weighted by Gasteiger charge is 2.35. The van der Waals surface area contributed by atoms with Crippen LogP contribution in [0.2, 0.25) is 0 Å². The largest absolute Gasteiger partial charge is 0.326 e. The van der Waals surface area contributed by atoms with Gasteiger partial charge in [-0.2, -0.15) is 0 Å². The smallest absolute Gasteiger partial charge is 0.231 e. The number of aromatic nitrogens is 1. The second-order valence-electron chi connectivity index (χ2n) is 7.22. The van der Waals surface area contributed by atoms with Crippen molar-refractivity contribution in [3.05, 3.63) is 34.8 Å². The fraction of sp³-hybridized carbons (Fsp3) is 0.400. The highest BCUT2D eigenvalue weighted by atomic mass is 32.1. The minimum Gasteiger partial charge on any atom is -0.326 e. The zero-order valence-corrected chi connectivity index (χ0v) is 16.5. The van der Waals surface area contributed by atoms with Gasteiger partial charge in [-0.1, -0.05) is 0 Å². The molecule has 1 aliphatic carbocycles. The number of carbonyl (C=O) groups is 3. The predicted molar refractivity (Wildman–Crippen MR) is 109 cm³/mol. The number of carbonyl (C=O) groups excluding carboxylic acids is 3. The third-order valence-electron chi connectivity index (χ3n) is 5.07. The minimum absolute atomic E-state index is 0.0779. The lowest BCUT2D eigenvalue weighted by atomic mass is 10.0. The average Bonchev–Trinajstić information content (AvgIpc) is 3.25. The molecule has 2 aliphatic rings. The van der Waals surface area contributed by atoms with Gasteiger partial charge in [0.15, 0.2) is 5.13 Å². The number of rotatable bonds is 4. The van der Waals surface area contributed by atoms with E-state index in [9.17, 15) is 14.4 Å². The first-order chi connectivity index (χ1) is 13.5. The van der Waals surface area contributed by atoms with Crippen molar-refractivity contribution < 1.29 is 14.4 Å². The molecule has 8 heteroatoms. The topological polar surface area (TPSA) is 91.4 Å². The Kier molecular flexibility index (Phi) is 5.13. The van der Waals surface area contributed by atoms with Crippen LogP contribution in [0.1, 0.15) is 36.8 Å². The molecule has 1 aromatic heterocycles. The van der Waals surface area contributed by atoms with E-state index >= 15 is 0 Å². The van der Waals surface area contributed by atoms with Gasteiger partial charge in [0.2, 0.25) is 17.7 Å². The van der Waals surface area contributed by atoms with Crippen molar-refractivity contribution in [2.24, 2.45) is 5.92 Å². The van der Waals surface area contributed by atoms with Gasteiger partial charge in [0.05, 0.1) is 11.6 Å². The number of amides is 3. The molecule has 3 amide bonds. The monoisotopic (exact) mass is 398 g/mol. The van der Waals surface area contributed by atoms with E-state index in [1.165, 1.54) is 18.2 Å². The van der Waals surface area contributed by atoms with E-state index in [-0.39, 0.29) is 24.1 Å². The van der Waals surface area contributed by atoms with Gasteiger partial charge in [-0.05, 0) is 49.9 Å². The molecule has 1 atom stereocenters. The summed E-state index contributed by atoms with van der Waals surface area (Å²) in [7, 11) is 0. The van der Waals surface area contributed by atoms with Gasteiger partial charge in [0, 0.05) is 36.1 Å². The van der Waals surface area contributed by atoms with E-state index in [0.29, 0.717) is 17.4 Å². The van der Waals surface area contributed by atoms with Crippen molar-refractivity contribution in [3.8, 4) is 0 Å². The molecule has 0 radical (unpaired) electrons. The Morgan fingerprint density at radius 1 is 1.14 bits per heavy atom. The van der Waals surface area contributed by atoms with Gasteiger partial charge in [0.25, 0.3) is 0 Å². The molecule has 2 aromatic rings. The number of thiazole rings is 1. The van der Waals surface area contributed by atoms with Crippen molar-refractivity contribution in [2.75, 3.05) is 22.1 Å². The van der Waals surface area contributed by atoms with Gasteiger partial charge in [0.1, 0.15) is 0 Å². The Bertz CT molecular complexity index is 899. The first kappa shape index (κ1) is 18.6. The summed E-state index contributed by atoms with van der Waals surface area (Å²) in [6.45, 7) is 1.79. The van der Waals surface area contributed by atoms with Gasteiger partial charge >= 0.3 is 0 Å². The number of hydrogen-bond acceptors (Lipinski definition) is 5. The number of anilines is 3. The summed E-state index contributed by atoms with van der Waals surface area (Å²) >= 11 is 1.55. The highest BCUT2D eigenvalue weighted by Crippen LogP contribution is 2.31. The number of aryl methyl sites for hydroxylation is 2. The van der Waals surface area contributed by atoms with Crippen LogP contribution in [-0.2, 0) is 27.2 Å². The van der Waals surface area contributed by atoms with E-state index < -0.39 is 5.92 Å². The molecule has 146 valence electrons. The molecule has 1 saturated heterocycles. The van der Waals surface area contributed by atoms with Crippen LogP contribution in [-0.4, -0.2) is 29.3 Å². The molecule has 7 nitrogen and oxygen atoms in total. The lowest BCUT2D eigenvalue weighted by molar-refractivity contribution is -0.122. The number of fused-ring (bicyclic) bond motifs is 1. The van der Waals surface area contributed by atoms with E-state index in [2.05, 4.69) is 15.6 Å². The molecule has 2 heterocycles. The molecule has 2 N–H and O–H groups in total. The van der Waals surface area contributed by atoms with Crippen LogP contribution >= 0.6 is 11.3 Å². The van der Waals surface area contributed by atoms with Gasteiger partial charge in [-0.3, -0.25) is 14.4 Å². The van der Waals surface area contributed by atoms with Crippen LogP contribution in [0, 0.1) is 5.92 Å². The Morgan fingerprint density at radius 3 is 2.61 bits per heavy atom. The zero-order valence-electron chi connectivity index (χ0n) is 15.7. The molecule has 28 heavy (non-hydrogen) atoms. The van der Waals surface area contributed by atoms with Crippen LogP contribution in [0.5, 0.6) is 0 Å². The summed E-state index contributed by atoms with van der Waals surface area (Å²) in [6.07, 6.45) is 4.52. The molecule has 0 bridgehead atoms. The second-order valence-corrected chi connectivity index (χ2v) is 8.30. The maximum atomic E-state index is 12.7. The van der Waals surface area contributed by atoms with E-state index in [1.54, 1.807) is 40.5 Å². The first-order valence-electron chi connectivity index (χ1n) is 9.47. The lowest BCUT2D eigenvalue weighted by Crippen LogP contribution is -2.28. The molecule has 1 unspecified atom stereocenters. The molecule has 1 aromatic carbocycles. The van der Waals surface area contributed by atoms with Crippen LogP contribution in [0.3, 0.4) is 0 Å². The van der Waals surface area contributed by atoms with Crippen LogP contribution < -0.4 is 15.5 Å². The third kappa shape index (κ3) is 3.91. The molecule has 0 saturated carbocycles. The normalized spacial score (nSPS) is 18.7. The summed E-state index contributed by atoms with van der Waals surface area (Å²) < 4.78 is 0. The molecule has 1 fully saturated rings. The average molecular weight is 398 g/mol. The molecule has 1 aliphatic heterocycles. The van der Waals surface area contributed by atoms with Crippen LogP contribution in [0.4, 0.5) is 16.5 Å². The Hall–Kier alpha value is -2.74. The maximum absolute atomic E-state index is 12.7. The van der Waals surface area contributed by atoms with Crippen LogP contribution in [0.15, 0.2) is 24.3 Å². The van der Waals surface area contributed by atoms with Crippen molar-refractivity contribution in [3.63, 3.8) is 0 Å².